The van der Waals surface area contributed by atoms with Gasteiger partial charge in [-0.15, -0.1) is 0 Å². The fourth-order valence-corrected chi connectivity index (χ4v) is 8.60. The Labute approximate surface area is 269 Å². The van der Waals surface area contributed by atoms with Gasteiger partial charge in [0.25, 0.3) is 0 Å². The number of carboxylic acid groups (broad SMARTS) is 1. The Hall–Kier alpha value is -1.92. The number of carbonyl (C=O) groups excluding carboxylic acids is 1. The molecule has 0 radical (unpaired) electrons. The molecule has 1 aromatic rings. The maximum Gasteiger partial charge on any atom is 0.319 e. The second kappa shape index (κ2) is 13.8. The second-order valence-corrected chi connectivity index (χ2v) is 16.8. The molecule has 6 heteroatoms. The number of benzene rings is 1. The zero-order chi connectivity index (χ0) is 33.1. The lowest BCUT2D eigenvalue weighted by atomic mass is 9.70. The number of amides is 1. The second-order valence-electron chi connectivity index (χ2n) is 16.8. The Morgan fingerprint density at radius 2 is 1.16 bits per heavy atom. The molecule has 2 aliphatic heterocycles. The van der Waals surface area contributed by atoms with E-state index in [-0.39, 0.29) is 46.6 Å². The summed E-state index contributed by atoms with van der Waals surface area (Å²) in [5, 5.41) is 11.2. The molecule has 0 bridgehead atoms. The number of piperidine rings is 2. The highest BCUT2D eigenvalue weighted by Crippen LogP contribution is 2.46. The highest BCUT2D eigenvalue weighted by atomic mass is 16.4. The molecule has 1 aromatic carbocycles. The van der Waals surface area contributed by atoms with E-state index >= 15 is 4.79 Å². The zero-order valence-corrected chi connectivity index (χ0v) is 30.1. The van der Waals surface area contributed by atoms with Crippen LogP contribution in [0.4, 0.5) is 0 Å². The van der Waals surface area contributed by atoms with Crippen molar-refractivity contribution in [3.8, 4) is 0 Å². The number of hydrogen-bond donors (Lipinski definition) is 1. The van der Waals surface area contributed by atoms with E-state index in [9.17, 15) is 9.90 Å². The molecule has 0 spiro atoms. The third-order valence-corrected chi connectivity index (χ3v) is 11.7. The van der Waals surface area contributed by atoms with Crippen LogP contribution in [0, 0.1) is 5.41 Å². The molecule has 0 saturated carbocycles. The van der Waals surface area contributed by atoms with Crippen molar-refractivity contribution >= 4 is 11.9 Å². The van der Waals surface area contributed by atoms with Gasteiger partial charge in [0.1, 0.15) is 0 Å². The van der Waals surface area contributed by atoms with Gasteiger partial charge in [-0.2, -0.15) is 0 Å². The van der Waals surface area contributed by atoms with Gasteiger partial charge in [-0.1, -0.05) is 75.8 Å². The number of carbonyl (C=O) groups is 2. The molecule has 2 heterocycles. The molecule has 44 heavy (non-hydrogen) atoms. The lowest BCUT2D eigenvalue weighted by molar-refractivity contribution is -0.170. The van der Waals surface area contributed by atoms with Gasteiger partial charge in [0.05, 0.1) is 0 Å². The van der Waals surface area contributed by atoms with Crippen molar-refractivity contribution in [3.63, 3.8) is 0 Å². The smallest absolute Gasteiger partial charge is 0.319 e. The maximum atomic E-state index is 15.5. The largest absolute Gasteiger partial charge is 0.480 e. The number of hydrogen-bond acceptors (Lipinski definition) is 4. The Morgan fingerprint density at radius 1 is 0.750 bits per heavy atom. The number of likely N-dealkylation sites (tertiary alicyclic amines) is 2. The first kappa shape index (κ1) is 36.5. The predicted octanol–water partition coefficient (Wildman–Crippen LogP) is 8.18. The van der Waals surface area contributed by atoms with Crippen molar-refractivity contribution in [2.75, 3.05) is 14.1 Å². The van der Waals surface area contributed by atoms with Crippen LogP contribution in [0.3, 0.4) is 0 Å². The fraction of sp³-hybridized carbons (Fsp3) is 0.789. The Morgan fingerprint density at radius 3 is 1.57 bits per heavy atom. The number of nitrogens with zero attached hydrogens (tertiary/aromatic N) is 3. The summed E-state index contributed by atoms with van der Waals surface area (Å²) >= 11 is 0. The average molecular weight is 612 g/mol. The minimum atomic E-state index is -1.50. The van der Waals surface area contributed by atoms with Crippen molar-refractivity contribution in [2.24, 2.45) is 5.41 Å². The number of unbranched alkanes of at least 4 members (excludes halogenated alkanes) is 5. The first-order chi connectivity index (χ1) is 20.3. The molecule has 1 unspecified atom stereocenters. The van der Waals surface area contributed by atoms with Crippen molar-refractivity contribution in [1.29, 1.82) is 0 Å². The fourth-order valence-electron chi connectivity index (χ4n) is 8.60. The van der Waals surface area contributed by atoms with E-state index in [0.29, 0.717) is 6.42 Å². The lowest BCUT2D eigenvalue weighted by Crippen LogP contribution is -2.69. The van der Waals surface area contributed by atoms with E-state index in [4.69, 9.17) is 0 Å². The Bertz CT molecular complexity index is 1030. The molecule has 6 nitrogen and oxygen atoms in total. The van der Waals surface area contributed by atoms with E-state index in [1.807, 2.05) is 30.3 Å². The minimum absolute atomic E-state index is 0.0391. The normalized spacial score (nSPS) is 23.6. The summed E-state index contributed by atoms with van der Waals surface area (Å²) in [7, 11) is 4.39. The Balaban J connectivity index is 2.15. The Kier molecular flexibility index (Phi) is 11.5. The summed E-state index contributed by atoms with van der Waals surface area (Å²) in [6.45, 7) is 20.4. The third kappa shape index (κ3) is 7.89. The van der Waals surface area contributed by atoms with Gasteiger partial charge in [0.2, 0.25) is 5.91 Å². The topological polar surface area (TPSA) is 64.1 Å². The van der Waals surface area contributed by atoms with Crippen molar-refractivity contribution < 1.29 is 14.7 Å². The first-order valence-corrected chi connectivity index (χ1v) is 17.4. The quantitative estimate of drug-likeness (QED) is 0.180. The van der Waals surface area contributed by atoms with Crippen LogP contribution in [0.2, 0.25) is 0 Å². The standard InChI is InChI=1S/C38H65N3O3/c1-12-13-14-15-16-20-23-38(33(43)44,24-29-21-18-17-19-22-29)32(42)41(30-25-34(2,3)39(10)35(4,5)26-30)31-27-36(6,7)40(11)37(8,9)28-31/h17-19,21-22,30-31H,12-16,20,23-28H2,1-11H3,(H,43,44). The van der Waals surface area contributed by atoms with E-state index in [0.717, 1.165) is 56.9 Å². The molecular formula is C38H65N3O3. The van der Waals surface area contributed by atoms with Crippen LogP contribution in [0.5, 0.6) is 0 Å². The summed E-state index contributed by atoms with van der Waals surface area (Å²) < 4.78 is 0. The molecule has 0 aliphatic carbocycles. The van der Waals surface area contributed by atoms with Gasteiger partial charge < -0.3 is 10.0 Å². The molecule has 2 saturated heterocycles. The van der Waals surface area contributed by atoms with Crippen LogP contribution in [-0.4, -0.2) is 80.0 Å². The van der Waals surface area contributed by atoms with Crippen molar-refractivity contribution in [3.05, 3.63) is 35.9 Å². The minimum Gasteiger partial charge on any atom is -0.480 e. The molecule has 1 atom stereocenters. The number of carboxylic acids is 1. The van der Waals surface area contributed by atoms with E-state index in [1.54, 1.807) is 0 Å². The SMILES string of the molecule is CCCCCCCCC(Cc1ccccc1)(C(=O)O)C(=O)N(C1CC(C)(C)N(C)C(C)(C)C1)C1CC(C)(C)N(C)C(C)(C)C1. The van der Waals surface area contributed by atoms with Crippen LogP contribution < -0.4 is 0 Å². The molecule has 1 amide bonds. The molecule has 2 aliphatic rings. The highest BCUT2D eigenvalue weighted by molar-refractivity contribution is 6.02. The monoisotopic (exact) mass is 612 g/mol. The number of rotatable bonds is 13. The molecule has 0 aromatic heterocycles. The van der Waals surface area contributed by atoms with Crippen molar-refractivity contribution in [1.82, 2.24) is 14.7 Å². The van der Waals surface area contributed by atoms with Crippen LogP contribution in [-0.2, 0) is 16.0 Å². The van der Waals surface area contributed by atoms with Crippen LogP contribution in [0.1, 0.15) is 139 Å². The molecule has 1 N–H and O–H groups in total. The molecule has 250 valence electrons. The first-order valence-electron chi connectivity index (χ1n) is 17.4. The third-order valence-electron chi connectivity index (χ3n) is 11.7. The highest BCUT2D eigenvalue weighted by Gasteiger charge is 2.56. The van der Waals surface area contributed by atoms with Gasteiger partial charge in [-0.25, -0.2) is 0 Å². The summed E-state index contributed by atoms with van der Waals surface area (Å²) in [6, 6.07) is 9.77. The molecular weight excluding hydrogens is 546 g/mol. The zero-order valence-electron chi connectivity index (χ0n) is 30.1. The summed E-state index contributed by atoms with van der Waals surface area (Å²) in [5.74, 6) is -1.13. The van der Waals surface area contributed by atoms with Gasteiger partial charge in [0.15, 0.2) is 5.41 Å². The van der Waals surface area contributed by atoms with E-state index < -0.39 is 11.4 Å². The average Bonchev–Trinajstić information content (AvgIpc) is 2.91. The summed E-state index contributed by atoms with van der Waals surface area (Å²) in [5.41, 5.74) is -1.11. The number of aliphatic carboxylic acids is 1. The van der Waals surface area contributed by atoms with E-state index in [2.05, 4.69) is 91.1 Å². The predicted molar refractivity (Wildman–Crippen MR) is 183 cm³/mol. The molecule has 3 rings (SSSR count). The summed E-state index contributed by atoms with van der Waals surface area (Å²) in [4.78, 5) is 36.2. The van der Waals surface area contributed by atoms with Gasteiger partial charge in [-0.3, -0.25) is 19.4 Å². The van der Waals surface area contributed by atoms with Gasteiger partial charge >= 0.3 is 5.97 Å². The van der Waals surface area contributed by atoms with E-state index in [1.165, 1.54) is 12.8 Å². The van der Waals surface area contributed by atoms with Crippen LogP contribution >= 0.6 is 0 Å². The van der Waals surface area contributed by atoms with Gasteiger partial charge in [-0.05, 0) is 114 Å². The summed E-state index contributed by atoms with van der Waals surface area (Å²) in [6.07, 6.45) is 10.2. The maximum absolute atomic E-state index is 15.5. The lowest BCUT2D eigenvalue weighted by Gasteiger charge is -2.60. The van der Waals surface area contributed by atoms with Crippen molar-refractivity contribution in [2.45, 2.75) is 174 Å². The van der Waals surface area contributed by atoms with Gasteiger partial charge in [0, 0.05) is 34.2 Å². The van der Waals surface area contributed by atoms with Crippen LogP contribution in [0.25, 0.3) is 0 Å². The van der Waals surface area contributed by atoms with Crippen LogP contribution in [0.15, 0.2) is 30.3 Å². The molecule has 2 fully saturated rings.